The minimum atomic E-state index is 0.814. The molecule has 0 saturated carbocycles. The van der Waals surface area contributed by atoms with Crippen LogP contribution in [0.1, 0.15) is 19.0 Å². The Bertz CT molecular complexity index is 475. The van der Waals surface area contributed by atoms with Crippen molar-refractivity contribution >= 4 is 16.3 Å². The van der Waals surface area contributed by atoms with Crippen LogP contribution in [0.5, 0.6) is 0 Å². The molecular weight excluding hydrogens is 244 g/mol. The Morgan fingerprint density at radius 3 is 3.28 bits per heavy atom. The fourth-order valence-corrected chi connectivity index (χ4v) is 3.35. The molecule has 0 aliphatic carbocycles. The Kier molecular flexibility index (Phi) is 3.63. The maximum atomic E-state index is 4.58. The quantitative estimate of drug-likeness (QED) is 0.894. The van der Waals surface area contributed by atoms with Crippen LogP contribution in [0, 0.1) is 5.92 Å². The molecule has 1 fully saturated rings. The maximum Gasteiger partial charge on any atom is 0.193 e. The number of rotatable bonds is 5. The third-order valence-corrected chi connectivity index (χ3v) is 4.47. The second-order valence-electron chi connectivity index (χ2n) is 5.00. The minimum absolute atomic E-state index is 0.814. The molecule has 1 saturated heterocycles. The number of thiazole rings is 1. The van der Waals surface area contributed by atoms with Crippen molar-refractivity contribution in [3.63, 3.8) is 0 Å². The zero-order chi connectivity index (χ0) is 12.4. The van der Waals surface area contributed by atoms with Gasteiger partial charge in [-0.25, -0.2) is 4.98 Å². The van der Waals surface area contributed by atoms with Gasteiger partial charge in [0.1, 0.15) is 0 Å². The van der Waals surface area contributed by atoms with E-state index in [0.717, 1.165) is 29.7 Å². The summed E-state index contributed by atoms with van der Waals surface area (Å²) in [6, 6.07) is 0. The Morgan fingerprint density at radius 2 is 2.50 bits per heavy atom. The predicted octanol–water partition coefficient (Wildman–Crippen LogP) is 1.83. The van der Waals surface area contributed by atoms with Gasteiger partial charge in [-0.1, -0.05) is 6.92 Å². The predicted molar refractivity (Wildman–Crippen MR) is 75.0 cm³/mol. The van der Waals surface area contributed by atoms with E-state index in [-0.39, 0.29) is 0 Å². The van der Waals surface area contributed by atoms with Gasteiger partial charge in [0.2, 0.25) is 0 Å². The van der Waals surface area contributed by atoms with Crippen LogP contribution in [0.3, 0.4) is 0 Å². The van der Waals surface area contributed by atoms with E-state index in [9.17, 15) is 0 Å². The lowest BCUT2D eigenvalue weighted by Gasteiger charge is -2.13. The number of hydrogen-bond donors (Lipinski definition) is 1. The van der Waals surface area contributed by atoms with Gasteiger partial charge in [-0.05, 0) is 32.0 Å². The van der Waals surface area contributed by atoms with Crippen molar-refractivity contribution < 1.29 is 0 Å². The van der Waals surface area contributed by atoms with E-state index < -0.39 is 0 Å². The highest BCUT2D eigenvalue weighted by molar-refractivity contribution is 7.15. The monoisotopic (exact) mass is 264 g/mol. The Labute approximate surface area is 112 Å². The van der Waals surface area contributed by atoms with Crippen molar-refractivity contribution in [2.24, 2.45) is 5.92 Å². The molecule has 1 N–H and O–H groups in total. The summed E-state index contributed by atoms with van der Waals surface area (Å²) in [5.74, 6) is 0.814. The highest BCUT2D eigenvalue weighted by Crippen LogP contribution is 2.15. The number of nitrogens with one attached hydrogen (secondary N) is 1. The van der Waals surface area contributed by atoms with E-state index in [1.54, 1.807) is 11.3 Å². The van der Waals surface area contributed by atoms with E-state index in [1.165, 1.54) is 26.1 Å². The van der Waals surface area contributed by atoms with Gasteiger partial charge in [-0.2, -0.15) is 0 Å². The first-order valence-electron chi connectivity index (χ1n) is 6.69. The second kappa shape index (κ2) is 5.38. The normalized spacial score (nSPS) is 21.1. The van der Waals surface area contributed by atoms with Crippen LogP contribution in [-0.4, -0.2) is 40.5 Å². The first-order chi connectivity index (χ1) is 8.85. The SMILES string of the molecule is CCN1CCC(CNCc2cn3ccsc3n2)C1. The minimum Gasteiger partial charge on any atom is -0.311 e. The lowest BCUT2D eigenvalue weighted by Crippen LogP contribution is -2.26. The maximum absolute atomic E-state index is 4.58. The van der Waals surface area contributed by atoms with Gasteiger partial charge in [-0.15, -0.1) is 11.3 Å². The van der Waals surface area contributed by atoms with Crippen LogP contribution in [0.2, 0.25) is 0 Å². The number of nitrogens with zero attached hydrogens (tertiary/aromatic N) is 3. The lowest BCUT2D eigenvalue weighted by molar-refractivity contribution is 0.338. The first kappa shape index (κ1) is 12.1. The topological polar surface area (TPSA) is 32.6 Å². The molecule has 0 amide bonds. The van der Waals surface area contributed by atoms with E-state index >= 15 is 0 Å². The Hall–Kier alpha value is -0.910. The molecule has 18 heavy (non-hydrogen) atoms. The van der Waals surface area contributed by atoms with Gasteiger partial charge in [0, 0.05) is 30.9 Å². The molecule has 1 unspecified atom stereocenters. The number of hydrogen-bond acceptors (Lipinski definition) is 4. The van der Waals surface area contributed by atoms with Crippen molar-refractivity contribution in [3.8, 4) is 0 Å². The summed E-state index contributed by atoms with van der Waals surface area (Å²) in [7, 11) is 0. The lowest BCUT2D eigenvalue weighted by atomic mass is 10.1. The standard InChI is InChI=1S/C13H20N4S/c1-2-16-4-3-11(9-16)7-14-8-12-10-17-5-6-18-13(17)15-12/h5-6,10-11,14H,2-4,7-9H2,1H3. The summed E-state index contributed by atoms with van der Waals surface area (Å²) in [4.78, 5) is 8.19. The first-order valence-corrected chi connectivity index (χ1v) is 7.57. The fourth-order valence-electron chi connectivity index (χ4n) is 2.63. The molecule has 2 aromatic heterocycles. The average Bonchev–Trinajstić information content (AvgIpc) is 3.03. The molecule has 1 atom stereocenters. The Morgan fingerprint density at radius 1 is 1.56 bits per heavy atom. The van der Waals surface area contributed by atoms with Gasteiger partial charge >= 0.3 is 0 Å². The summed E-state index contributed by atoms with van der Waals surface area (Å²) in [6.07, 6.45) is 5.51. The van der Waals surface area contributed by atoms with E-state index in [1.807, 2.05) is 0 Å². The number of fused-ring (bicyclic) bond motifs is 1. The van der Waals surface area contributed by atoms with E-state index in [0.29, 0.717) is 0 Å². The number of aromatic nitrogens is 2. The molecule has 4 nitrogen and oxygen atoms in total. The largest absolute Gasteiger partial charge is 0.311 e. The molecule has 2 aromatic rings. The zero-order valence-electron chi connectivity index (χ0n) is 10.8. The molecular formula is C13H20N4S. The molecule has 0 spiro atoms. The van der Waals surface area contributed by atoms with Crippen molar-refractivity contribution in [1.29, 1.82) is 0 Å². The molecule has 98 valence electrons. The van der Waals surface area contributed by atoms with Crippen LogP contribution >= 0.6 is 11.3 Å². The number of likely N-dealkylation sites (tertiary alicyclic amines) is 1. The summed E-state index contributed by atoms with van der Waals surface area (Å²) in [5.41, 5.74) is 1.15. The van der Waals surface area contributed by atoms with Crippen LogP contribution < -0.4 is 5.32 Å². The molecule has 3 heterocycles. The van der Waals surface area contributed by atoms with Gasteiger partial charge in [-0.3, -0.25) is 4.40 Å². The summed E-state index contributed by atoms with van der Waals surface area (Å²) in [5, 5.41) is 5.61. The van der Waals surface area contributed by atoms with Crippen molar-refractivity contribution in [3.05, 3.63) is 23.5 Å². The van der Waals surface area contributed by atoms with Crippen molar-refractivity contribution in [1.82, 2.24) is 19.6 Å². The highest BCUT2D eigenvalue weighted by atomic mass is 32.1. The summed E-state index contributed by atoms with van der Waals surface area (Å²) in [6.45, 7) is 7.95. The van der Waals surface area contributed by atoms with Crippen LogP contribution in [0.4, 0.5) is 0 Å². The van der Waals surface area contributed by atoms with Gasteiger partial charge in [0.05, 0.1) is 5.69 Å². The molecule has 0 aromatic carbocycles. The van der Waals surface area contributed by atoms with Crippen LogP contribution in [0.25, 0.3) is 4.96 Å². The third-order valence-electron chi connectivity index (χ3n) is 3.70. The molecule has 0 bridgehead atoms. The Balaban J connectivity index is 1.46. The van der Waals surface area contributed by atoms with E-state index in [4.69, 9.17) is 0 Å². The second-order valence-corrected chi connectivity index (χ2v) is 5.88. The molecule has 3 rings (SSSR count). The molecule has 0 radical (unpaired) electrons. The van der Waals surface area contributed by atoms with Crippen LogP contribution in [-0.2, 0) is 6.54 Å². The summed E-state index contributed by atoms with van der Waals surface area (Å²) >= 11 is 1.69. The highest BCUT2D eigenvalue weighted by Gasteiger charge is 2.20. The fraction of sp³-hybridized carbons (Fsp3) is 0.615. The smallest absolute Gasteiger partial charge is 0.193 e. The average molecular weight is 264 g/mol. The van der Waals surface area contributed by atoms with Crippen LogP contribution in [0.15, 0.2) is 17.8 Å². The third kappa shape index (κ3) is 2.58. The molecule has 5 heteroatoms. The summed E-state index contributed by atoms with van der Waals surface area (Å²) < 4.78 is 2.09. The zero-order valence-corrected chi connectivity index (χ0v) is 11.6. The van der Waals surface area contributed by atoms with Gasteiger partial charge in [0.25, 0.3) is 0 Å². The van der Waals surface area contributed by atoms with Gasteiger partial charge in [0.15, 0.2) is 4.96 Å². The van der Waals surface area contributed by atoms with Crippen molar-refractivity contribution in [2.75, 3.05) is 26.2 Å². The molecule has 1 aliphatic rings. The van der Waals surface area contributed by atoms with E-state index in [2.05, 4.69) is 44.3 Å². The number of imidazole rings is 1. The van der Waals surface area contributed by atoms with Gasteiger partial charge < -0.3 is 10.2 Å². The van der Waals surface area contributed by atoms with Crippen molar-refractivity contribution in [2.45, 2.75) is 19.9 Å². The molecule has 1 aliphatic heterocycles.